The van der Waals surface area contributed by atoms with E-state index in [0.29, 0.717) is 5.56 Å². The van der Waals surface area contributed by atoms with Gasteiger partial charge in [-0.3, -0.25) is 19.6 Å². The Labute approximate surface area is 196 Å². The van der Waals surface area contributed by atoms with Gasteiger partial charge in [-0.2, -0.15) is 5.10 Å². The van der Waals surface area contributed by atoms with Crippen molar-refractivity contribution >= 4 is 61.1 Å². The Morgan fingerprint density at radius 2 is 1.72 bits per heavy atom. The monoisotopic (exact) mass is 536 g/mol. The van der Waals surface area contributed by atoms with Gasteiger partial charge in [-0.05, 0) is 54.6 Å². The molecule has 12 heteroatoms. The second kappa shape index (κ2) is 9.90. The first-order valence-corrected chi connectivity index (χ1v) is 11.5. The number of hydrogen-bond donors (Lipinski definition) is 2. The van der Waals surface area contributed by atoms with Crippen molar-refractivity contribution in [2.24, 2.45) is 5.10 Å². The van der Waals surface area contributed by atoms with Gasteiger partial charge in [-0.25, -0.2) is 13.8 Å². The molecule has 0 aliphatic carbocycles. The lowest BCUT2D eigenvalue weighted by molar-refractivity contribution is -0.384. The highest BCUT2D eigenvalue weighted by Gasteiger charge is 2.15. The smallest absolute Gasteiger partial charge is 0.280 e. The van der Waals surface area contributed by atoms with Crippen LogP contribution in [0.25, 0.3) is 0 Å². The van der Waals surface area contributed by atoms with Crippen LogP contribution in [0.3, 0.4) is 0 Å². The summed E-state index contributed by atoms with van der Waals surface area (Å²) >= 11 is 9.00. The Bertz CT molecular complexity index is 1300. The average molecular weight is 538 g/mol. The number of sulfonamides is 1. The van der Waals surface area contributed by atoms with Crippen LogP contribution in [0.1, 0.15) is 15.9 Å². The lowest BCUT2D eigenvalue weighted by Crippen LogP contribution is -2.18. The molecule has 2 N–H and O–H groups in total. The van der Waals surface area contributed by atoms with E-state index >= 15 is 0 Å². The molecule has 0 aromatic heterocycles. The molecule has 0 spiro atoms. The van der Waals surface area contributed by atoms with E-state index in [0.717, 1.165) is 4.47 Å². The molecule has 0 fully saturated rings. The van der Waals surface area contributed by atoms with E-state index in [4.69, 9.17) is 11.6 Å². The molecule has 0 aliphatic heterocycles. The fraction of sp³-hybridized carbons (Fsp3) is 0. The molecular weight excluding hydrogens is 524 g/mol. The highest BCUT2D eigenvalue weighted by Crippen LogP contribution is 2.24. The number of hydrogen-bond acceptors (Lipinski definition) is 6. The highest BCUT2D eigenvalue weighted by atomic mass is 79.9. The molecule has 0 saturated carbocycles. The van der Waals surface area contributed by atoms with Crippen LogP contribution in [0.2, 0.25) is 5.02 Å². The van der Waals surface area contributed by atoms with Crippen LogP contribution in [0, 0.1) is 10.1 Å². The van der Waals surface area contributed by atoms with Gasteiger partial charge in [0.05, 0.1) is 16.0 Å². The summed E-state index contributed by atoms with van der Waals surface area (Å²) < 4.78 is 28.0. The van der Waals surface area contributed by atoms with Gasteiger partial charge in [-0.1, -0.05) is 33.6 Å². The van der Waals surface area contributed by atoms with Gasteiger partial charge in [0, 0.05) is 27.4 Å². The molecule has 0 aliphatic rings. The maximum atomic E-state index is 12.4. The van der Waals surface area contributed by atoms with Crippen molar-refractivity contribution in [2.75, 3.05) is 4.72 Å². The third-order valence-electron chi connectivity index (χ3n) is 4.07. The zero-order valence-electron chi connectivity index (χ0n) is 16.0. The van der Waals surface area contributed by atoms with E-state index in [2.05, 4.69) is 31.2 Å². The zero-order chi connectivity index (χ0) is 23.3. The Kier molecular flexibility index (Phi) is 7.23. The van der Waals surface area contributed by atoms with Crippen LogP contribution in [0.5, 0.6) is 0 Å². The number of anilines is 1. The third-order valence-corrected chi connectivity index (χ3v) is 6.32. The summed E-state index contributed by atoms with van der Waals surface area (Å²) in [5.41, 5.74) is 2.90. The molecule has 1 amide bonds. The van der Waals surface area contributed by atoms with Crippen LogP contribution < -0.4 is 10.1 Å². The van der Waals surface area contributed by atoms with Crippen molar-refractivity contribution in [1.29, 1.82) is 0 Å². The molecule has 3 rings (SSSR count). The van der Waals surface area contributed by atoms with Gasteiger partial charge in [0.1, 0.15) is 5.02 Å². The maximum absolute atomic E-state index is 12.4. The van der Waals surface area contributed by atoms with Gasteiger partial charge in [0.2, 0.25) is 0 Å². The van der Waals surface area contributed by atoms with Crippen LogP contribution in [0.15, 0.2) is 81.2 Å². The van der Waals surface area contributed by atoms with Crippen molar-refractivity contribution in [3.05, 3.63) is 97.5 Å². The molecule has 3 aromatic carbocycles. The van der Waals surface area contributed by atoms with Crippen LogP contribution in [-0.2, 0) is 10.0 Å². The predicted molar refractivity (Wildman–Crippen MR) is 125 cm³/mol. The second-order valence-electron chi connectivity index (χ2n) is 6.30. The number of halogens is 2. The first kappa shape index (κ1) is 23.4. The minimum Gasteiger partial charge on any atom is -0.280 e. The summed E-state index contributed by atoms with van der Waals surface area (Å²) in [5.74, 6) is -0.549. The second-order valence-corrected chi connectivity index (χ2v) is 9.31. The minimum atomic E-state index is -3.77. The van der Waals surface area contributed by atoms with Crippen LogP contribution in [-0.4, -0.2) is 25.5 Å². The Hall–Kier alpha value is -3.28. The molecule has 9 nitrogen and oxygen atoms in total. The number of rotatable bonds is 7. The molecular formula is C20H14BrClN4O5S. The summed E-state index contributed by atoms with van der Waals surface area (Å²) in [5, 5.41) is 14.7. The number of nitrogens with one attached hydrogen (secondary N) is 2. The predicted octanol–water partition coefficient (Wildman–Crippen LogP) is 4.58. The van der Waals surface area contributed by atoms with Crippen molar-refractivity contribution in [2.45, 2.75) is 4.90 Å². The Balaban J connectivity index is 1.64. The standard InChI is InChI=1S/C20H14BrClN4O5S/c21-15-4-8-17(9-5-15)32(30,31)25-16-6-2-14(3-7-16)20(27)24-23-12-13-1-10-18(22)19(11-13)26(28)29/h1-12,25H,(H,24,27)/b23-12-. The molecule has 0 radical (unpaired) electrons. The van der Waals surface area contributed by atoms with Gasteiger partial charge >= 0.3 is 0 Å². The van der Waals surface area contributed by atoms with Gasteiger partial charge in [0.25, 0.3) is 21.6 Å². The lowest BCUT2D eigenvalue weighted by atomic mass is 10.2. The van der Waals surface area contributed by atoms with Gasteiger partial charge < -0.3 is 0 Å². The molecule has 0 unspecified atom stereocenters. The number of nitrogens with zero attached hydrogens (tertiary/aromatic N) is 2. The number of nitro groups is 1. The summed E-state index contributed by atoms with van der Waals surface area (Å²) in [6.07, 6.45) is 1.24. The fourth-order valence-electron chi connectivity index (χ4n) is 2.50. The first-order valence-electron chi connectivity index (χ1n) is 8.81. The summed E-state index contributed by atoms with van der Waals surface area (Å²) in [6.45, 7) is 0. The van der Waals surface area contributed by atoms with E-state index in [-0.39, 0.29) is 26.9 Å². The van der Waals surface area contributed by atoms with Crippen molar-refractivity contribution in [3.8, 4) is 0 Å². The molecule has 3 aromatic rings. The zero-order valence-corrected chi connectivity index (χ0v) is 19.2. The van der Waals surface area contributed by atoms with Crippen LogP contribution in [0.4, 0.5) is 11.4 Å². The molecule has 32 heavy (non-hydrogen) atoms. The van der Waals surface area contributed by atoms with Crippen molar-refractivity contribution in [1.82, 2.24) is 5.43 Å². The minimum absolute atomic E-state index is 0.00738. The van der Waals surface area contributed by atoms with Crippen molar-refractivity contribution in [3.63, 3.8) is 0 Å². The number of nitro benzene ring substituents is 1. The van der Waals surface area contributed by atoms with Crippen LogP contribution >= 0.6 is 27.5 Å². The fourth-order valence-corrected chi connectivity index (χ4v) is 4.01. The van der Waals surface area contributed by atoms with E-state index < -0.39 is 20.9 Å². The first-order chi connectivity index (χ1) is 15.2. The lowest BCUT2D eigenvalue weighted by Gasteiger charge is -2.09. The summed E-state index contributed by atoms with van der Waals surface area (Å²) in [4.78, 5) is 22.6. The van der Waals surface area contributed by atoms with E-state index in [9.17, 15) is 23.3 Å². The number of amides is 1. The maximum Gasteiger partial charge on any atom is 0.288 e. The molecule has 0 bridgehead atoms. The topological polar surface area (TPSA) is 131 Å². The van der Waals surface area contributed by atoms with Gasteiger partial charge in [0.15, 0.2) is 0 Å². The number of hydrazone groups is 1. The Morgan fingerprint density at radius 1 is 1.06 bits per heavy atom. The SMILES string of the molecule is O=C(N/N=C\c1ccc(Cl)c([N+](=O)[O-])c1)c1ccc(NS(=O)(=O)c2ccc(Br)cc2)cc1. The van der Waals surface area contributed by atoms with E-state index in [1.807, 2.05) is 0 Å². The third kappa shape index (κ3) is 5.90. The molecule has 0 saturated heterocycles. The normalized spacial score (nSPS) is 11.3. The quantitative estimate of drug-likeness (QED) is 0.259. The Morgan fingerprint density at radius 3 is 2.34 bits per heavy atom. The summed E-state index contributed by atoms with van der Waals surface area (Å²) in [7, 11) is -3.77. The molecule has 0 heterocycles. The van der Waals surface area contributed by atoms with Gasteiger partial charge in [-0.15, -0.1) is 0 Å². The van der Waals surface area contributed by atoms with E-state index in [1.165, 1.54) is 60.8 Å². The largest absolute Gasteiger partial charge is 0.288 e. The number of carbonyl (C=O) groups is 1. The highest BCUT2D eigenvalue weighted by molar-refractivity contribution is 9.10. The number of benzene rings is 3. The summed E-state index contributed by atoms with van der Waals surface area (Å²) in [6, 6.07) is 16.0. The van der Waals surface area contributed by atoms with Crippen molar-refractivity contribution < 1.29 is 18.1 Å². The van der Waals surface area contributed by atoms with E-state index in [1.54, 1.807) is 12.1 Å². The molecule has 164 valence electrons. The average Bonchev–Trinajstić information content (AvgIpc) is 2.75. The molecule has 0 atom stereocenters. The number of carbonyl (C=O) groups excluding carboxylic acids is 1.